The average molecular weight is 356 g/mol. The highest BCUT2D eigenvalue weighted by Crippen LogP contribution is 2.40. The standard InChI is InChI=1S/C12H6Cl4S2/c13-7-1-8(14)4-11(3-7)17-18-12-5-9(15)2-10(16)6-12/h1-6H. The lowest BCUT2D eigenvalue weighted by molar-refractivity contribution is 1.46. The van der Waals surface area contributed by atoms with Crippen LogP contribution in [0.3, 0.4) is 0 Å². The van der Waals surface area contributed by atoms with E-state index in [4.69, 9.17) is 46.4 Å². The summed E-state index contributed by atoms with van der Waals surface area (Å²) in [5.41, 5.74) is 0. The first kappa shape index (κ1) is 14.7. The molecule has 6 heteroatoms. The average Bonchev–Trinajstić information content (AvgIpc) is 2.23. The highest BCUT2D eigenvalue weighted by Gasteiger charge is 2.03. The third-order valence-corrected chi connectivity index (χ3v) is 5.12. The Bertz CT molecular complexity index is 480. The molecule has 0 unspecified atom stereocenters. The van der Waals surface area contributed by atoms with Crippen LogP contribution in [0.2, 0.25) is 20.1 Å². The van der Waals surface area contributed by atoms with Crippen LogP contribution in [0.4, 0.5) is 0 Å². The Labute approximate surface area is 133 Å². The zero-order valence-corrected chi connectivity index (χ0v) is 13.4. The van der Waals surface area contributed by atoms with Crippen LogP contribution < -0.4 is 0 Å². The molecule has 0 N–H and O–H groups in total. The van der Waals surface area contributed by atoms with E-state index in [0.29, 0.717) is 20.1 Å². The zero-order valence-electron chi connectivity index (χ0n) is 8.79. The molecule has 0 aliphatic rings. The lowest BCUT2D eigenvalue weighted by Crippen LogP contribution is -1.73. The van der Waals surface area contributed by atoms with Crippen LogP contribution in [0.25, 0.3) is 0 Å². The molecule has 0 aromatic heterocycles. The Morgan fingerprint density at radius 3 is 1.06 bits per heavy atom. The molecule has 0 spiro atoms. The predicted molar refractivity (Wildman–Crippen MR) is 84.6 cm³/mol. The summed E-state index contributed by atoms with van der Waals surface area (Å²) >= 11 is 23.7. The van der Waals surface area contributed by atoms with E-state index in [1.54, 1.807) is 33.7 Å². The normalized spacial score (nSPS) is 10.7. The molecule has 0 radical (unpaired) electrons. The van der Waals surface area contributed by atoms with Crippen LogP contribution in [-0.4, -0.2) is 0 Å². The summed E-state index contributed by atoms with van der Waals surface area (Å²) in [7, 11) is 3.10. The molecule has 2 rings (SSSR count). The fourth-order valence-corrected chi connectivity index (χ4v) is 4.61. The molecule has 2 aromatic rings. The fraction of sp³-hybridized carbons (Fsp3) is 0. The molecular weight excluding hydrogens is 350 g/mol. The molecule has 0 aliphatic carbocycles. The molecule has 0 atom stereocenters. The van der Waals surface area contributed by atoms with Crippen LogP contribution >= 0.6 is 68.0 Å². The molecular formula is C12H6Cl4S2. The summed E-state index contributed by atoms with van der Waals surface area (Å²) in [5, 5.41) is 2.48. The summed E-state index contributed by atoms with van der Waals surface area (Å²) in [6, 6.07) is 10.8. The highest BCUT2D eigenvalue weighted by atomic mass is 35.5. The lowest BCUT2D eigenvalue weighted by Gasteiger charge is -2.04. The van der Waals surface area contributed by atoms with Crippen molar-refractivity contribution in [1.29, 1.82) is 0 Å². The number of hydrogen-bond acceptors (Lipinski definition) is 2. The summed E-state index contributed by atoms with van der Waals surface area (Å²) in [6.07, 6.45) is 0. The Morgan fingerprint density at radius 2 is 0.778 bits per heavy atom. The van der Waals surface area contributed by atoms with Crippen molar-refractivity contribution in [2.75, 3.05) is 0 Å². The van der Waals surface area contributed by atoms with Crippen molar-refractivity contribution in [3.05, 3.63) is 56.5 Å². The summed E-state index contributed by atoms with van der Waals surface area (Å²) < 4.78 is 0. The van der Waals surface area contributed by atoms with Gasteiger partial charge in [-0.3, -0.25) is 0 Å². The smallest absolute Gasteiger partial charge is 0.0432 e. The van der Waals surface area contributed by atoms with Crippen LogP contribution in [-0.2, 0) is 0 Å². The van der Waals surface area contributed by atoms with Gasteiger partial charge < -0.3 is 0 Å². The zero-order chi connectivity index (χ0) is 13.1. The van der Waals surface area contributed by atoms with Crippen molar-refractivity contribution in [1.82, 2.24) is 0 Å². The Morgan fingerprint density at radius 1 is 0.500 bits per heavy atom. The first-order chi connectivity index (χ1) is 8.52. The number of halogens is 4. The minimum absolute atomic E-state index is 0.620. The molecule has 0 amide bonds. The van der Waals surface area contributed by atoms with Gasteiger partial charge in [0.1, 0.15) is 0 Å². The Balaban J connectivity index is 2.11. The Kier molecular flexibility index (Phi) is 5.43. The van der Waals surface area contributed by atoms with Gasteiger partial charge in [0.15, 0.2) is 0 Å². The minimum Gasteiger partial charge on any atom is -0.0842 e. The minimum atomic E-state index is 0.620. The van der Waals surface area contributed by atoms with Crippen molar-refractivity contribution in [2.24, 2.45) is 0 Å². The van der Waals surface area contributed by atoms with E-state index in [2.05, 4.69) is 0 Å². The topological polar surface area (TPSA) is 0 Å². The first-order valence-corrected chi connectivity index (χ1v) is 8.46. The summed E-state index contributed by atoms with van der Waals surface area (Å²) in [6.45, 7) is 0. The van der Waals surface area contributed by atoms with E-state index in [0.717, 1.165) is 9.79 Å². The summed E-state index contributed by atoms with van der Waals surface area (Å²) in [5.74, 6) is 0. The summed E-state index contributed by atoms with van der Waals surface area (Å²) in [4.78, 5) is 1.96. The van der Waals surface area contributed by atoms with Crippen LogP contribution in [0.1, 0.15) is 0 Å². The molecule has 0 aliphatic heterocycles. The van der Waals surface area contributed by atoms with Crippen molar-refractivity contribution in [3.63, 3.8) is 0 Å². The molecule has 0 fully saturated rings. The maximum atomic E-state index is 5.93. The van der Waals surface area contributed by atoms with E-state index in [1.807, 2.05) is 24.3 Å². The van der Waals surface area contributed by atoms with Crippen molar-refractivity contribution in [3.8, 4) is 0 Å². The van der Waals surface area contributed by atoms with Gasteiger partial charge in [0.2, 0.25) is 0 Å². The fourth-order valence-electron chi connectivity index (χ4n) is 1.25. The van der Waals surface area contributed by atoms with E-state index in [-0.39, 0.29) is 0 Å². The number of benzene rings is 2. The van der Waals surface area contributed by atoms with Gasteiger partial charge in [-0.15, -0.1) is 0 Å². The van der Waals surface area contributed by atoms with Gasteiger partial charge in [-0.1, -0.05) is 68.0 Å². The Hall–Kier alpha value is 0.300. The second-order valence-corrected chi connectivity index (χ2v) is 7.40. The van der Waals surface area contributed by atoms with Crippen molar-refractivity contribution < 1.29 is 0 Å². The maximum Gasteiger partial charge on any atom is 0.0432 e. The van der Waals surface area contributed by atoms with Crippen LogP contribution in [0.5, 0.6) is 0 Å². The van der Waals surface area contributed by atoms with E-state index in [9.17, 15) is 0 Å². The molecule has 2 aromatic carbocycles. The van der Waals surface area contributed by atoms with Gasteiger partial charge in [-0.25, -0.2) is 0 Å². The maximum absolute atomic E-state index is 5.93. The van der Waals surface area contributed by atoms with Gasteiger partial charge in [0.05, 0.1) is 0 Å². The number of hydrogen-bond donors (Lipinski definition) is 0. The molecule has 0 saturated carbocycles. The molecule has 0 saturated heterocycles. The first-order valence-electron chi connectivity index (χ1n) is 4.79. The molecule has 94 valence electrons. The van der Waals surface area contributed by atoms with Gasteiger partial charge in [0.25, 0.3) is 0 Å². The van der Waals surface area contributed by atoms with Gasteiger partial charge in [-0.2, -0.15) is 0 Å². The van der Waals surface area contributed by atoms with Gasteiger partial charge >= 0.3 is 0 Å². The highest BCUT2D eigenvalue weighted by molar-refractivity contribution is 8.76. The number of rotatable bonds is 3. The SMILES string of the molecule is Clc1cc(Cl)cc(SSc2cc(Cl)cc(Cl)c2)c1. The monoisotopic (exact) mass is 354 g/mol. The van der Waals surface area contributed by atoms with E-state index >= 15 is 0 Å². The van der Waals surface area contributed by atoms with Crippen LogP contribution in [0, 0.1) is 0 Å². The van der Waals surface area contributed by atoms with E-state index in [1.165, 1.54) is 0 Å². The van der Waals surface area contributed by atoms with Crippen LogP contribution in [0.15, 0.2) is 46.2 Å². The molecule has 0 nitrogen and oxygen atoms in total. The quantitative estimate of drug-likeness (QED) is 0.538. The largest absolute Gasteiger partial charge is 0.0842 e. The van der Waals surface area contributed by atoms with Gasteiger partial charge in [-0.05, 0) is 36.4 Å². The molecule has 0 heterocycles. The lowest BCUT2D eigenvalue weighted by atomic mass is 10.4. The van der Waals surface area contributed by atoms with Crippen molar-refractivity contribution in [2.45, 2.75) is 9.79 Å². The molecule has 0 bridgehead atoms. The third-order valence-electron chi connectivity index (χ3n) is 1.91. The predicted octanol–water partition coefficient (Wildman–Crippen LogP) is 7.10. The van der Waals surface area contributed by atoms with Gasteiger partial charge in [0, 0.05) is 29.9 Å². The molecule has 18 heavy (non-hydrogen) atoms. The third kappa shape index (κ3) is 4.44. The van der Waals surface area contributed by atoms with Crippen molar-refractivity contribution >= 4 is 68.0 Å². The second kappa shape index (κ2) is 6.65. The van der Waals surface area contributed by atoms with E-state index < -0.39 is 0 Å². The second-order valence-electron chi connectivity index (χ2n) is 3.38.